The van der Waals surface area contributed by atoms with E-state index in [0.29, 0.717) is 13.2 Å². The molecule has 0 N–H and O–H groups in total. The second kappa shape index (κ2) is 6.94. The summed E-state index contributed by atoms with van der Waals surface area (Å²) in [6, 6.07) is 0. The van der Waals surface area contributed by atoms with Gasteiger partial charge in [-0.2, -0.15) is 0 Å². The minimum Gasteiger partial charge on any atom is -0.415 e. The lowest BCUT2D eigenvalue weighted by Gasteiger charge is -2.33. The Morgan fingerprint density at radius 3 is 1.76 bits per heavy atom. The van der Waals surface area contributed by atoms with Crippen LogP contribution in [0.15, 0.2) is 0 Å². The summed E-state index contributed by atoms with van der Waals surface area (Å²) in [5.74, 6) is 0. The Kier molecular flexibility index (Phi) is 6.46. The van der Waals surface area contributed by atoms with Crippen molar-refractivity contribution in [2.24, 2.45) is 0 Å². The largest absolute Gasteiger partial charge is 0.415 e. The molecule has 1 saturated heterocycles. The quantitative estimate of drug-likeness (QED) is 0.656. The van der Waals surface area contributed by atoms with Gasteiger partial charge in [-0.3, -0.25) is 0 Å². The maximum atomic E-state index is 6.38. The molecule has 1 aliphatic heterocycles. The predicted octanol–water partition coefficient (Wildman–Crippen LogP) is 3.68. The summed E-state index contributed by atoms with van der Waals surface area (Å²) in [4.78, 5) is 0. The second-order valence-electron chi connectivity index (χ2n) is 8.76. The van der Waals surface area contributed by atoms with Gasteiger partial charge in [-0.25, -0.2) is 0 Å². The molecule has 0 unspecified atom stereocenters. The Balaban J connectivity index is 2.74. The first-order valence-electron chi connectivity index (χ1n) is 7.88. The molecule has 0 radical (unpaired) electrons. The van der Waals surface area contributed by atoms with Gasteiger partial charge in [0.1, 0.15) is 12.2 Å². The van der Waals surface area contributed by atoms with Crippen LogP contribution in [0.1, 0.15) is 0 Å². The normalized spacial score (nSPS) is 28.1. The fraction of sp³-hybridized carbons (Fsp3) is 1.00. The van der Waals surface area contributed by atoms with Crippen molar-refractivity contribution in [2.75, 3.05) is 13.2 Å². The lowest BCUT2D eigenvalue weighted by atomic mass is 10.2. The highest BCUT2D eigenvalue weighted by Crippen LogP contribution is 2.27. The third-order valence-corrected chi connectivity index (χ3v) is 5.90. The lowest BCUT2D eigenvalue weighted by Crippen LogP contribution is -2.48. The molecule has 7 heteroatoms. The molecular formula is C14H34O4Si3. The van der Waals surface area contributed by atoms with Crippen molar-refractivity contribution < 1.29 is 18.0 Å². The zero-order valence-corrected chi connectivity index (χ0v) is 18.3. The zero-order valence-electron chi connectivity index (χ0n) is 15.3. The third kappa shape index (κ3) is 8.06. The van der Waals surface area contributed by atoms with Crippen molar-refractivity contribution in [3.05, 3.63) is 0 Å². The predicted molar refractivity (Wildman–Crippen MR) is 95.5 cm³/mol. The molecule has 1 fully saturated rings. The number of hydrogen-bond acceptors (Lipinski definition) is 4. The Bertz CT molecular complexity index is 331. The number of ether oxygens (including phenoxy) is 1. The standard InChI is InChI=1S/C14H34O4Si3/c1-19(2,3)16-11-12-14(18-21(7,8)9)13(10-15-12)17-20(4,5)6/h12-14H,10-11H2,1-9H3/t12-,13-,14-/m0/s1. The summed E-state index contributed by atoms with van der Waals surface area (Å²) in [5, 5.41) is 0. The molecule has 1 aliphatic rings. The van der Waals surface area contributed by atoms with E-state index in [-0.39, 0.29) is 18.3 Å². The van der Waals surface area contributed by atoms with Gasteiger partial charge in [-0.15, -0.1) is 0 Å². The number of rotatable bonds is 7. The SMILES string of the molecule is C[Si](C)(C)OC[C@@H]1OC[C@H](O[Si](C)(C)C)[C@H]1O[Si](C)(C)C. The summed E-state index contributed by atoms with van der Waals surface area (Å²) >= 11 is 0. The van der Waals surface area contributed by atoms with Crippen LogP contribution in [-0.4, -0.2) is 56.5 Å². The zero-order chi connectivity index (χ0) is 16.5. The van der Waals surface area contributed by atoms with Crippen molar-refractivity contribution >= 4 is 25.0 Å². The fourth-order valence-electron chi connectivity index (χ4n) is 2.24. The van der Waals surface area contributed by atoms with Crippen LogP contribution < -0.4 is 0 Å². The van der Waals surface area contributed by atoms with Crippen LogP contribution in [0.5, 0.6) is 0 Å². The fourth-order valence-corrected chi connectivity index (χ4v) is 5.13. The van der Waals surface area contributed by atoms with E-state index >= 15 is 0 Å². The number of hydrogen-bond donors (Lipinski definition) is 0. The molecule has 0 spiro atoms. The second-order valence-corrected chi connectivity index (χ2v) is 22.2. The third-order valence-electron chi connectivity index (χ3n) is 2.88. The minimum absolute atomic E-state index is 0.00444. The van der Waals surface area contributed by atoms with E-state index in [0.717, 1.165) is 0 Å². The van der Waals surface area contributed by atoms with Gasteiger partial charge in [0.2, 0.25) is 0 Å². The van der Waals surface area contributed by atoms with Gasteiger partial charge in [0, 0.05) is 0 Å². The average molecular weight is 351 g/mol. The molecule has 0 bridgehead atoms. The summed E-state index contributed by atoms with van der Waals surface area (Å²) in [6.45, 7) is 21.1. The molecule has 21 heavy (non-hydrogen) atoms. The molecular weight excluding hydrogens is 316 g/mol. The minimum atomic E-state index is -1.64. The summed E-state index contributed by atoms with van der Waals surface area (Å²) in [6.07, 6.45) is 0.0724. The smallest absolute Gasteiger partial charge is 0.184 e. The van der Waals surface area contributed by atoms with Gasteiger partial charge >= 0.3 is 0 Å². The Hall–Kier alpha value is 0.491. The molecule has 4 nitrogen and oxygen atoms in total. The Morgan fingerprint density at radius 1 is 0.810 bits per heavy atom. The van der Waals surface area contributed by atoms with E-state index in [1.165, 1.54) is 0 Å². The topological polar surface area (TPSA) is 36.9 Å². The highest BCUT2D eigenvalue weighted by atomic mass is 28.4. The van der Waals surface area contributed by atoms with E-state index in [1.807, 2.05) is 0 Å². The van der Waals surface area contributed by atoms with Crippen molar-refractivity contribution in [2.45, 2.75) is 77.2 Å². The molecule has 3 atom stereocenters. The molecule has 0 saturated carbocycles. The van der Waals surface area contributed by atoms with Crippen LogP contribution in [0.3, 0.4) is 0 Å². The van der Waals surface area contributed by atoms with E-state index in [4.69, 9.17) is 18.0 Å². The van der Waals surface area contributed by atoms with Crippen molar-refractivity contribution in [1.82, 2.24) is 0 Å². The van der Waals surface area contributed by atoms with Gasteiger partial charge in [0.05, 0.1) is 19.3 Å². The summed E-state index contributed by atoms with van der Waals surface area (Å²) in [5.41, 5.74) is 0. The monoisotopic (exact) mass is 350 g/mol. The average Bonchev–Trinajstić information content (AvgIpc) is 2.52. The first kappa shape index (κ1) is 19.5. The van der Waals surface area contributed by atoms with Crippen molar-refractivity contribution in [1.29, 1.82) is 0 Å². The summed E-state index contributed by atoms with van der Waals surface area (Å²) in [7, 11) is -4.79. The van der Waals surface area contributed by atoms with Crippen LogP contribution in [0.4, 0.5) is 0 Å². The van der Waals surface area contributed by atoms with E-state index < -0.39 is 25.0 Å². The van der Waals surface area contributed by atoms with Crippen LogP contribution in [0, 0.1) is 0 Å². The highest BCUT2D eigenvalue weighted by Gasteiger charge is 2.43. The van der Waals surface area contributed by atoms with Crippen LogP contribution in [-0.2, 0) is 18.0 Å². The Labute approximate surface area is 133 Å². The molecule has 1 rings (SSSR count). The highest BCUT2D eigenvalue weighted by molar-refractivity contribution is 6.70. The molecule has 0 aromatic carbocycles. The maximum Gasteiger partial charge on any atom is 0.184 e. The molecule has 0 amide bonds. The Morgan fingerprint density at radius 2 is 1.33 bits per heavy atom. The molecule has 0 aromatic rings. The maximum absolute atomic E-state index is 6.38. The van der Waals surface area contributed by atoms with Crippen molar-refractivity contribution in [3.63, 3.8) is 0 Å². The molecule has 1 heterocycles. The molecule has 126 valence electrons. The van der Waals surface area contributed by atoms with Gasteiger partial charge in [-0.05, 0) is 58.9 Å². The van der Waals surface area contributed by atoms with Gasteiger partial charge in [0.15, 0.2) is 25.0 Å². The van der Waals surface area contributed by atoms with E-state index in [1.54, 1.807) is 0 Å². The van der Waals surface area contributed by atoms with E-state index in [9.17, 15) is 0 Å². The molecule has 0 aromatic heterocycles. The summed E-state index contributed by atoms with van der Waals surface area (Å²) < 4.78 is 24.7. The lowest BCUT2D eigenvalue weighted by molar-refractivity contribution is 0.00936. The van der Waals surface area contributed by atoms with Gasteiger partial charge in [0.25, 0.3) is 0 Å². The first-order valence-corrected chi connectivity index (χ1v) is 18.1. The van der Waals surface area contributed by atoms with Crippen LogP contribution in [0.25, 0.3) is 0 Å². The van der Waals surface area contributed by atoms with Crippen LogP contribution in [0.2, 0.25) is 58.9 Å². The first-order chi connectivity index (χ1) is 9.27. The molecule has 0 aliphatic carbocycles. The van der Waals surface area contributed by atoms with Crippen molar-refractivity contribution in [3.8, 4) is 0 Å². The van der Waals surface area contributed by atoms with Crippen LogP contribution >= 0.6 is 0 Å². The van der Waals surface area contributed by atoms with Gasteiger partial charge in [-0.1, -0.05) is 0 Å². The van der Waals surface area contributed by atoms with E-state index in [2.05, 4.69) is 58.9 Å². The van der Waals surface area contributed by atoms with Gasteiger partial charge < -0.3 is 18.0 Å².